The second kappa shape index (κ2) is 14.0. The molecule has 0 radical (unpaired) electrons. The van der Waals surface area contributed by atoms with Gasteiger partial charge in [-0.2, -0.15) is 0 Å². The third-order valence-corrected chi connectivity index (χ3v) is 3.27. The molecule has 0 N–H and O–H groups in total. The van der Waals surface area contributed by atoms with Crippen LogP contribution in [0, 0.1) is 23.7 Å². The maximum absolute atomic E-state index is 11.2. The van der Waals surface area contributed by atoms with Gasteiger partial charge < -0.3 is 0 Å². The van der Waals surface area contributed by atoms with Gasteiger partial charge in [0.2, 0.25) is 0 Å². The Kier molecular flexibility index (Phi) is 15.0. The highest BCUT2D eigenvalue weighted by molar-refractivity contribution is 5.78. The van der Waals surface area contributed by atoms with Crippen LogP contribution in [0.25, 0.3) is 0 Å². The van der Waals surface area contributed by atoms with E-state index in [-0.39, 0.29) is 0 Å². The van der Waals surface area contributed by atoms with Crippen LogP contribution >= 0.6 is 0 Å². The number of rotatable bonds is 10. The molecule has 0 aliphatic carbocycles. The summed E-state index contributed by atoms with van der Waals surface area (Å²) in [6, 6.07) is 0. The van der Waals surface area contributed by atoms with E-state index in [4.69, 9.17) is 0 Å². The molecular formula is C20H40O2. The second-order valence-corrected chi connectivity index (χ2v) is 8.14. The van der Waals surface area contributed by atoms with E-state index in [0.717, 1.165) is 38.5 Å². The minimum Gasteiger partial charge on any atom is -0.300 e. The maximum Gasteiger partial charge on any atom is 0.133 e. The third kappa shape index (κ3) is 21.6. The zero-order valence-electron chi connectivity index (χ0n) is 16.4. The SMILES string of the molecule is CC(C)CCC(=O)CC(C)C.CC(C)CCC(=O)CC(C)C. The number of carbonyl (C=O) groups excluding carboxylic acids is 2. The number of hydrogen-bond acceptors (Lipinski definition) is 2. The summed E-state index contributed by atoms with van der Waals surface area (Å²) in [7, 11) is 0. The van der Waals surface area contributed by atoms with Crippen LogP contribution in [-0.4, -0.2) is 11.6 Å². The predicted octanol–water partition coefficient (Wildman–Crippen LogP) is 6.08. The van der Waals surface area contributed by atoms with Crippen molar-refractivity contribution in [3.8, 4) is 0 Å². The van der Waals surface area contributed by atoms with Gasteiger partial charge in [-0.1, -0.05) is 55.4 Å². The van der Waals surface area contributed by atoms with E-state index >= 15 is 0 Å². The Morgan fingerprint density at radius 3 is 1.00 bits per heavy atom. The van der Waals surface area contributed by atoms with E-state index in [2.05, 4.69) is 55.4 Å². The van der Waals surface area contributed by atoms with Gasteiger partial charge in [0.15, 0.2) is 0 Å². The molecule has 0 bridgehead atoms. The van der Waals surface area contributed by atoms with E-state index in [1.807, 2.05) is 0 Å². The van der Waals surface area contributed by atoms with Gasteiger partial charge in [-0.25, -0.2) is 0 Å². The van der Waals surface area contributed by atoms with Crippen LogP contribution in [0.4, 0.5) is 0 Å². The number of carbonyl (C=O) groups is 2. The molecule has 0 atom stereocenters. The first-order valence-corrected chi connectivity index (χ1v) is 9.07. The fraction of sp³-hybridized carbons (Fsp3) is 0.900. The van der Waals surface area contributed by atoms with Crippen LogP contribution in [0.1, 0.15) is 93.9 Å². The molecular weight excluding hydrogens is 272 g/mol. The van der Waals surface area contributed by atoms with Gasteiger partial charge in [0.25, 0.3) is 0 Å². The monoisotopic (exact) mass is 312 g/mol. The highest BCUT2D eigenvalue weighted by Crippen LogP contribution is 2.09. The van der Waals surface area contributed by atoms with Crippen LogP contribution in [0.2, 0.25) is 0 Å². The van der Waals surface area contributed by atoms with E-state index in [0.29, 0.717) is 35.2 Å². The Morgan fingerprint density at radius 1 is 0.545 bits per heavy atom. The molecule has 22 heavy (non-hydrogen) atoms. The molecule has 0 rings (SSSR count). The van der Waals surface area contributed by atoms with Crippen molar-refractivity contribution in [3.63, 3.8) is 0 Å². The number of ketones is 2. The van der Waals surface area contributed by atoms with Gasteiger partial charge in [-0.3, -0.25) is 9.59 Å². The van der Waals surface area contributed by atoms with E-state index in [1.54, 1.807) is 0 Å². The smallest absolute Gasteiger partial charge is 0.133 e. The lowest BCUT2D eigenvalue weighted by molar-refractivity contribution is -0.120. The molecule has 0 amide bonds. The summed E-state index contributed by atoms with van der Waals surface area (Å²) >= 11 is 0. The van der Waals surface area contributed by atoms with Gasteiger partial charge in [0, 0.05) is 25.7 Å². The molecule has 0 fully saturated rings. The van der Waals surface area contributed by atoms with Crippen LogP contribution in [-0.2, 0) is 9.59 Å². The summed E-state index contributed by atoms with van der Waals surface area (Å²) in [5.41, 5.74) is 0. The van der Waals surface area contributed by atoms with E-state index < -0.39 is 0 Å². The van der Waals surface area contributed by atoms with Gasteiger partial charge in [-0.05, 0) is 36.5 Å². The zero-order valence-corrected chi connectivity index (χ0v) is 16.4. The lowest BCUT2D eigenvalue weighted by Crippen LogP contribution is -2.03. The molecule has 0 unspecified atom stereocenters. The van der Waals surface area contributed by atoms with Gasteiger partial charge in [-0.15, -0.1) is 0 Å². The zero-order chi connectivity index (χ0) is 17.7. The Balaban J connectivity index is 0. The fourth-order valence-electron chi connectivity index (χ4n) is 2.01. The van der Waals surface area contributed by atoms with Crippen molar-refractivity contribution < 1.29 is 9.59 Å². The first-order valence-electron chi connectivity index (χ1n) is 9.07. The summed E-state index contributed by atoms with van der Waals surface area (Å²) in [6.07, 6.45) is 5.15. The molecule has 0 spiro atoms. The summed E-state index contributed by atoms with van der Waals surface area (Å²) in [4.78, 5) is 22.3. The Bertz CT molecular complexity index is 258. The second-order valence-electron chi connectivity index (χ2n) is 8.14. The van der Waals surface area contributed by atoms with Gasteiger partial charge in [0.1, 0.15) is 11.6 Å². The minimum absolute atomic E-state index is 0.425. The van der Waals surface area contributed by atoms with Crippen LogP contribution in [0.3, 0.4) is 0 Å². The summed E-state index contributed by atoms with van der Waals surface area (Å²) in [5, 5.41) is 0. The lowest BCUT2D eigenvalue weighted by Gasteiger charge is -2.05. The molecule has 0 saturated heterocycles. The summed E-state index contributed by atoms with van der Waals surface area (Å²) in [5.74, 6) is 3.21. The topological polar surface area (TPSA) is 34.1 Å². The average molecular weight is 313 g/mol. The highest BCUT2D eigenvalue weighted by atomic mass is 16.1. The molecule has 132 valence electrons. The molecule has 0 saturated carbocycles. The van der Waals surface area contributed by atoms with E-state index in [9.17, 15) is 9.59 Å². The molecule has 0 aromatic rings. The fourth-order valence-corrected chi connectivity index (χ4v) is 2.01. The van der Waals surface area contributed by atoms with Crippen molar-refractivity contribution in [2.75, 3.05) is 0 Å². The van der Waals surface area contributed by atoms with Crippen LogP contribution in [0.15, 0.2) is 0 Å². The number of hydrogen-bond donors (Lipinski definition) is 0. The summed E-state index contributed by atoms with van der Waals surface area (Å²) in [6.45, 7) is 17.0. The average Bonchev–Trinajstić information content (AvgIpc) is 2.33. The van der Waals surface area contributed by atoms with Crippen LogP contribution in [0.5, 0.6) is 0 Å². The van der Waals surface area contributed by atoms with Crippen molar-refractivity contribution in [1.82, 2.24) is 0 Å². The standard InChI is InChI=1S/2C10H20O/c2*1-8(2)5-6-10(11)7-9(3)4/h2*8-9H,5-7H2,1-4H3. The Labute approximate surface area is 139 Å². The minimum atomic E-state index is 0.425. The van der Waals surface area contributed by atoms with Crippen molar-refractivity contribution in [2.24, 2.45) is 23.7 Å². The normalized spacial score (nSPS) is 11.1. The van der Waals surface area contributed by atoms with Crippen molar-refractivity contribution >= 4 is 11.6 Å². The van der Waals surface area contributed by atoms with Gasteiger partial charge in [0.05, 0.1) is 0 Å². The first-order chi connectivity index (χ1) is 10.0. The first kappa shape index (κ1) is 23.6. The van der Waals surface area contributed by atoms with Crippen molar-refractivity contribution in [3.05, 3.63) is 0 Å². The molecule has 2 heteroatoms. The Hall–Kier alpha value is -0.660. The highest BCUT2D eigenvalue weighted by Gasteiger charge is 2.06. The van der Waals surface area contributed by atoms with E-state index in [1.165, 1.54) is 0 Å². The molecule has 0 aromatic heterocycles. The lowest BCUT2D eigenvalue weighted by atomic mass is 10.00. The summed E-state index contributed by atoms with van der Waals surface area (Å²) < 4.78 is 0. The molecule has 0 aromatic carbocycles. The van der Waals surface area contributed by atoms with Crippen molar-refractivity contribution in [2.45, 2.75) is 93.9 Å². The van der Waals surface area contributed by atoms with Gasteiger partial charge >= 0.3 is 0 Å². The molecule has 2 nitrogen and oxygen atoms in total. The third-order valence-electron chi connectivity index (χ3n) is 3.27. The quantitative estimate of drug-likeness (QED) is 0.490. The largest absolute Gasteiger partial charge is 0.300 e. The van der Waals surface area contributed by atoms with Crippen molar-refractivity contribution in [1.29, 1.82) is 0 Å². The molecule has 0 aliphatic rings. The Morgan fingerprint density at radius 2 is 0.818 bits per heavy atom. The number of Topliss-reactive ketones (excluding diaryl/α,β-unsaturated/α-hetero) is 2. The molecule has 0 aliphatic heterocycles. The molecule has 0 heterocycles. The van der Waals surface area contributed by atoms with Crippen LogP contribution < -0.4 is 0 Å². The predicted molar refractivity (Wildman–Crippen MR) is 97.1 cm³/mol. The maximum atomic E-state index is 11.2.